The number of methoxy groups -OCH3 is 2. The van der Waals surface area contributed by atoms with E-state index in [1.54, 1.807) is 97.0 Å². The zero-order valence-corrected chi connectivity index (χ0v) is 41.0. The summed E-state index contributed by atoms with van der Waals surface area (Å²) >= 11 is 0. The number of esters is 4. The highest BCUT2D eigenvalue weighted by Gasteiger charge is 2.78. The minimum Gasteiger partial charge on any atom is -0.479 e. The highest BCUT2D eigenvalue weighted by Crippen LogP contribution is 2.65. The van der Waals surface area contributed by atoms with Crippen LogP contribution >= 0.6 is 0 Å². The van der Waals surface area contributed by atoms with Crippen molar-refractivity contribution in [3.63, 3.8) is 0 Å². The number of amides is 1. The molecular formula is C51H63NO18. The Kier molecular flexibility index (Phi) is 14.5. The van der Waals surface area contributed by atoms with Gasteiger partial charge in [0.25, 0.3) is 0 Å². The molecule has 5 aliphatic rings. The van der Waals surface area contributed by atoms with Crippen molar-refractivity contribution < 1.29 is 86.4 Å². The standard InChI is InChI=1S/C51H63NO18/c1-26-32(66-45(59)38(67-44(58)31-22-21-30(65-31)42(55)56)36(28-17-13-11-14-18-28)52-46(60)70-47(3,4)5)24-51(61)41(68-43(57)29-19-15-12-16-20-29)39-49(8,40(54)37(63-10)35(26)48(51,6)7)33(62-9)23-34-50(39,25-64-34)69-27(2)53/h11-20,30-34,36-39,41,61H,21-25H2,1-10H3,(H,52,60)(H,55,56)/t30?,31?,32-,33-,34+,36-,37+,38+,39-,41-,49+,50-,51+/m0/s1. The molecule has 0 radical (unpaired) electrons. The normalized spacial score (nSPS) is 33.0. The number of hydrogen-bond donors (Lipinski definition) is 3. The van der Waals surface area contributed by atoms with Crippen LogP contribution in [0.15, 0.2) is 71.8 Å². The molecule has 3 aliphatic carbocycles. The topological polar surface area (TPSA) is 255 Å². The summed E-state index contributed by atoms with van der Waals surface area (Å²) in [6.07, 6.45) is -12.9. The Morgan fingerprint density at radius 1 is 0.886 bits per heavy atom. The van der Waals surface area contributed by atoms with Crippen LogP contribution in [-0.2, 0) is 66.6 Å². The molecule has 2 saturated carbocycles. The lowest BCUT2D eigenvalue weighted by molar-refractivity contribution is -0.347. The molecule has 13 atom stereocenters. The van der Waals surface area contributed by atoms with Gasteiger partial charge in [-0.3, -0.25) is 9.59 Å². The largest absolute Gasteiger partial charge is 0.479 e. The maximum absolute atomic E-state index is 15.8. The highest BCUT2D eigenvalue weighted by molar-refractivity contribution is 5.94. The minimum atomic E-state index is -2.34. The number of hydrogen-bond acceptors (Lipinski definition) is 17. The number of ether oxygens (including phenoxy) is 9. The minimum absolute atomic E-state index is 0.0299. The van der Waals surface area contributed by atoms with Crippen LogP contribution in [0.1, 0.15) is 103 Å². The number of nitrogens with one attached hydrogen (secondary N) is 1. The summed E-state index contributed by atoms with van der Waals surface area (Å²) in [7, 11) is 2.72. The van der Waals surface area contributed by atoms with Crippen LogP contribution in [0.25, 0.3) is 0 Å². The smallest absolute Gasteiger partial charge is 0.408 e. The maximum Gasteiger partial charge on any atom is 0.408 e. The fourth-order valence-electron chi connectivity index (χ4n) is 11.4. The van der Waals surface area contributed by atoms with Gasteiger partial charge in [0.15, 0.2) is 23.6 Å². The van der Waals surface area contributed by atoms with Gasteiger partial charge in [-0.15, -0.1) is 0 Å². The Hall–Kier alpha value is -5.73. The van der Waals surface area contributed by atoms with Crippen LogP contribution in [0, 0.1) is 16.7 Å². The Labute approximate surface area is 405 Å². The third kappa shape index (κ3) is 9.22. The average Bonchev–Trinajstić information content (AvgIpc) is 3.80. The molecule has 380 valence electrons. The first kappa shape index (κ1) is 52.1. The second-order valence-electron chi connectivity index (χ2n) is 20.4. The second-order valence-corrected chi connectivity index (χ2v) is 20.4. The van der Waals surface area contributed by atoms with Crippen molar-refractivity contribution in [1.29, 1.82) is 0 Å². The maximum atomic E-state index is 15.8. The summed E-state index contributed by atoms with van der Waals surface area (Å²) in [5, 5.41) is 26.2. The van der Waals surface area contributed by atoms with Crippen molar-refractivity contribution in [2.75, 3.05) is 20.8 Å². The molecule has 4 fully saturated rings. The van der Waals surface area contributed by atoms with E-state index in [-0.39, 0.29) is 48.1 Å². The van der Waals surface area contributed by atoms with Gasteiger partial charge in [-0.05, 0) is 76.3 Å². The van der Waals surface area contributed by atoms with Crippen molar-refractivity contribution in [2.45, 2.75) is 153 Å². The summed E-state index contributed by atoms with van der Waals surface area (Å²) in [6.45, 7) is 12.3. The van der Waals surface area contributed by atoms with Gasteiger partial charge >= 0.3 is 35.9 Å². The molecule has 2 bridgehead atoms. The van der Waals surface area contributed by atoms with Gasteiger partial charge in [-0.25, -0.2) is 24.0 Å². The first-order chi connectivity index (χ1) is 32.8. The van der Waals surface area contributed by atoms with Crippen molar-refractivity contribution in [3.05, 3.63) is 82.9 Å². The predicted molar refractivity (Wildman–Crippen MR) is 243 cm³/mol. The number of Topliss-reactive ketones (excluding diaryl/α,β-unsaturated/α-hetero) is 1. The van der Waals surface area contributed by atoms with Crippen LogP contribution < -0.4 is 5.32 Å². The molecule has 0 spiro atoms. The van der Waals surface area contributed by atoms with Gasteiger partial charge in [0, 0.05) is 39.4 Å². The average molecular weight is 978 g/mol. The first-order valence-electron chi connectivity index (χ1n) is 23.3. The van der Waals surface area contributed by atoms with Gasteiger partial charge in [0.1, 0.15) is 41.7 Å². The van der Waals surface area contributed by atoms with Crippen LogP contribution in [-0.4, -0.2) is 138 Å². The van der Waals surface area contributed by atoms with Crippen molar-refractivity contribution in [3.8, 4) is 0 Å². The first-order valence-corrected chi connectivity index (χ1v) is 23.3. The Morgan fingerprint density at radius 2 is 1.51 bits per heavy atom. The molecule has 2 saturated heterocycles. The van der Waals surface area contributed by atoms with E-state index in [0.717, 1.165) is 0 Å². The molecule has 2 aromatic rings. The molecule has 7 rings (SSSR count). The third-order valence-electron chi connectivity index (χ3n) is 14.8. The summed E-state index contributed by atoms with van der Waals surface area (Å²) in [5.74, 6) is -7.27. The zero-order chi connectivity index (χ0) is 51.3. The molecular weight excluding hydrogens is 915 g/mol. The van der Waals surface area contributed by atoms with E-state index < -0.39 is 137 Å². The number of rotatable bonds is 13. The monoisotopic (exact) mass is 977 g/mol. The quantitative estimate of drug-likeness (QED) is 0.139. The lowest BCUT2D eigenvalue weighted by atomic mass is 9.44. The second kappa shape index (κ2) is 19.5. The summed E-state index contributed by atoms with van der Waals surface area (Å²) < 4.78 is 54.4. The fourth-order valence-corrected chi connectivity index (χ4v) is 11.4. The van der Waals surface area contributed by atoms with Crippen molar-refractivity contribution in [2.24, 2.45) is 16.7 Å². The van der Waals surface area contributed by atoms with E-state index in [9.17, 15) is 34.2 Å². The number of ketones is 1. The summed E-state index contributed by atoms with van der Waals surface area (Å²) in [5.41, 5.74) is -7.55. The Bertz CT molecular complexity index is 2400. The lowest BCUT2D eigenvalue weighted by Gasteiger charge is -2.67. The molecule has 2 aliphatic heterocycles. The molecule has 2 heterocycles. The summed E-state index contributed by atoms with van der Waals surface area (Å²) in [6, 6.07) is 14.5. The number of aliphatic hydroxyl groups is 1. The number of alkyl carbamates (subject to hydrolysis) is 1. The summed E-state index contributed by atoms with van der Waals surface area (Å²) in [4.78, 5) is 98.0. The third-order valence-corrected chi connectivity index (χ3v) is 14.8. The van der Waals surface area contributed by atoms with E-state index in [1.807, 2.05) is 0 Å². The number of aliphatic carboxylic acids is 1. The van der Waals surface area contributed by atoms with Crippen LogP contribution in [0.3, 0.4) is 0 Å². The van der Waals surface area contributed by atoms with Crippen molar-refractivity contribution in [1.82, 2.24) is 5.32 Å². The number of carbonyl (C=O) groups excluding carboxylic acids is 6. The molecule has 19 heteroatoms. The number of fused-ring (bicyclic) bond motifs is 5. The van der Waals surface area contributed by atoms with Crippen LogP contribution in [0.5, 0.6) is 0 Å². The van der Waals surface area contributed by atoms with Gasteiger partial charge < -0.3 is 58.2 Å². The number of benzene rings is 2. The Balaban J connectivity index is 1.40. The van der Waals surface area contributed by atoms with Gasteiger partial charge in [0.05, 0.1) is 29.6 Å². The molecule has 19 nitrogen and oxygen atoms in total. The SMILES string of the molecule is CO[C@H]1C(=O)[C@]2(C)[C@@H](OC)C[C@H]3OC[C@@]3(OC(C)=O)[C@H]2[C@H](OC(=O)c2ccccc2)[C@]2(O)C[C@H](OC(=O)[C@H](OC(=O)C3CCC(C(=O)O)O3)[C@@H](NC(=O)OC(C)(C)C)c3ccccc3)C(C)=C1C2(C)C. The molecule has 3 N–H and O–H groups in total. The van der Waals surface area contributed by atoms with E-state index in [1.165, 1.54) is 33.3 Å². The Morgan fingerprint density at radius 3 is 2.06 bits per heavy atom. The number of carboxylic acid groups (broad SMARTS) is 1. The van der Waals surface area contributed by atoms with Gasteiger partial charge in [0.2, 0.25) is 6.10 Å². The van der Waals surface area contributed by atoms with Crippen LogP contribution in [0.4, 0.5) is 4.79 Å². The van der Waals surface area contributed by atoms with Crippen LogP contribution in [0.2, 0.25) is 0 Å². The predicted octanol–water partition coefficient (Wildman–Crippen LogP) is 4.75. The van der Waals surface area contributed by atoms with E-state index in [0.29, 0.717) is 0 Å². The number of carbonyl (C=O) groups is 7. The van der Waals surface area contributed by atoms with E-state index in [2.05, 4.69) is 5.32 Å². The molecule has 1 amide bonds. The van der Waals surface area contributed by atoms with E-state index >= 15 is 9.59 Å². The van der Waals surface area contributed by atoms with E-state index in [4.69, 9.17) is 42.6 Å². The number of carboxylic acids is 1. The molecule has 2 aromatic carbocycles. The van der Waals surface area contributed by atoms with Gasteiger partial charge in [-0.1, -0.05) is 62.4 Å². The fraction of sp³-hybridized carbons (Fsp3) is 0.588. The molecule has 70 heavy (non-hydrogen) atoms. The zero-order valence-electron chi connectivity index (χ0n) is 41.0. The molecule has 2 unspecified atom stereocenters. The van der Waals surface area contributed by atoms with Gasteiger partial charge in [-0.2, -0.15) is 0 Å². The highest BCUT2D eigenvalue weighted by atomic mass is 16.6. The lowest BCUT2D eigenvalue weighted by Crippen LogP contribution is -2.82. The van der Waals surface area contributed by atoms with Crippen molar-refractivity contribution >= 4 is 41.7 Å². The molecule has 0 aromatic heterocycles.